The molecule has 2 aromatic carbocycles. The largest absolute Gasteiger partial charge is 0.348 e. The van der Waals surface area contributed by atoms with Crippen molar-refractivity contribution in [2.45, 2.75) is 19.4 Å². The molecule has 3 rings (SSSR count). The zero-order chi connectivity index (χ0) is 19.8. The second-order valence-electron chi connectivity index (χ2n) is 6.30. The molecular weight excluding hydrogens is 357 g/mol. The Kier molecular flexibility index (Phi) is 6.46. The van der Waals surface area contributed by atoms with Crippen LogP contribution in [0.15, 0.2) is 73.1 Å². The van der Waals surface area contributed by atoms with E-state index in [2.05, 4.69) is 15.6 Å². The molecule has 6 heteroatoms. The lowest BCUT2D eigenvalue weighted by Gasteiger charge is -2.09. The molecule has 3 aromatic rings. The Balaban J connectivity index is 1.51. The van der Waals surface area contributed by atoms with Crippen LogP contribution in [0.1, 0.15) is 27.9 Å². The molecule has 0 aliphatic carbocycles. The van der Waals surface area contributed by atoms with Crippen molar-refractivity contribution in [1.82, 2.24) is 10.3 Å². The summed E-state index contributed by atoms with van der Waals surface area (Å²) in [6.07, 6.45) is 3.83. The third-order valence-electron chi connectivity index (χ3n) is 4.12. The van der Waals surface area contributed by atoms with Crippen molar-refractivity contribution in [1.29, 1.82) is 0 Å². The first-order valence-corrected chi connectivity index (χ1v) is 8.91. The Morgan fingerprint density at radius 1 is 0.964 bits per heavy atom. The van der Waals surface area contributed by atoms with Gasteiger partial charge in [-0.15, -0.1) is 0 Å². The van der Waals surface area contributed by atoms with Gasteiger partial charge in [0.1, 0.15) is 5.82 Å². The normalized spacial score (nSPS) is 10.3. The number of hydrogen-bond donors (Lipinski definition) is 2. The molecule has 0 bridgehead atoms. The summed E-state index contributed by atoms with van der Waals surface area (Å²) in [5, 5.41) is 5.65. The summed E-state index contributed by atoms with van der Waals surface area (Å²) >= 11 is 0. The fourth-order valence-electron chi connectivity index (χ4n) is 2.71. The summed E-state index contributed by atoms with van der Waals surface area (Å²) in [5.41, 5.74) is 2.78. The van der Waals surface area contributed by atoms with Gasteiger partial charge in [-0.05, 0) is 53.9 Å². The highest BCUT2D eigenvalue weighted by Crippen LogP contribution is 2.12. The number of hydrogen-bond acceptors (Lipinski definition) is 3. The van der Waals surface area contributed by atoms with Crippen LogP contribution >= 0.6 is 0 Å². The van der Waals surface area contributed by atoms with Gasteiger partial charge < -0.3 is 10.6 Å². The van der Waals surface area contributed by atoms with Crippen LogP contribution in [-0.4, -0.2) is 16.8 Å². The average molecular weight is 377 g/mol. The highest BCUT2D eigenvalue weighted by Gasteiger charge is 2.07. The minimum absolute atomic E-state index is 0.152. The number of anilines is 1. The summed E-state index contributed by atoms with van der Waals surface area (Å²) in [4.78, 5) is 28.2. The van der Waals surface area contributed by atoms with E-state index in [1.165, 1.54) is 18.3 Å². The third kappa shape index (κ3) is 5.74. The number of halogens is 1. The fourth-order valence-corrected chi connectivity index (χ4v) is 2.71. The van der Waals surface area contributed by atoms with Crippen LogP contribution in [0.5, 0.6) is 0 Å². The molecule has 0 unspecified atom stereocenters. The van der Waals surface area contributed by atoms with Crippen molar-refractivity contribution in [3.63, 3.8) is 0 Å². The van der Waals surface area contributed by atoms with Crippen LogP contribution < -0.4 is 10.6 Å². The van der Waals surface area contributed by atoms with E-state index in [1.54, 1.807) is 36.5 Å². The first kappa shape index (κ1) is 19.2. The number of aryl methyl sites for hydroxylation is 1. The highest BCUT2D eigenvalue weighted by atomic mass is 19.1. The predicted octanol–water partition coefficient (Wildman–Crippen LogP) is 3.72. The molecule has 2 N–H and O–H groups in total. The number of rotatable bonds is 7. The Hall–Kier alpha value is -3.54. The highest BCUT2D eigenvalue weighted by molar-refractivity contribution is 5.94. The summed E-state index contributed by atoms with van der Waals surface area (Å²) in [5.74, 6) is -0.669. The van der Waals surface area contributed by atoms with Crippen molar-refractivity contribution in [2.75, 3.05) is 5.32 Å². The second-order valence-corrected chi connectivity index (χ2v) is 6.30. The van der Waals surface area contributed by atoms with E-state index < -0.39 is 0 Å². The molecule has 0 saturated heterocycles. The predicted molar refractivity (Wildman–Crippen MR) is 105 cm³/mol. The molecule has 0 spiro atoms. The van der Waals surface area contributed by atoms with Gasteiger partial charge in [-0.25, -0.2) is 4.39 Å². The number of pyridine rings is 1. The van der Waals surface area contributed by atoms with Gasteiger partial charge in [0.05, 0.1) is 5.56 Å². The van der Waals surface area contributed by atoms with Gasteiger partial charge in [-0.3, -0.25) is 14.6 Å². The minimum Gasteiger partial charge on any atom is -0.348 e. The number of aromatic nitrogens is 1. The average Bonchev–Trinajstić information content (AvgIpc) is 2.71. The molecule has 28 heavy (non-hydrogen) atoms. The number of carbonyl (C=O) groups is 2. The van der Waals surface area contributed by atoms with Gasteiger partial charge in [0, 0.05) is 31.0 Å². The first-order valence-electron chi connectivity index (χ1n) is 8.91. The van der Waals surface area contributed by atoms with Gasteiger partial charge in [-0.1, -0.05) is 24.3 Å². The number of benzene rings is 2. The third-order valence-corrected chi connectivity index (χ3v) is 4.12. The molecule has 5 nitrogen and oxygen atoms in total. The molecule has 0 aliphatic heterocycles. The lowest BCUT2D eigenvalue weighted by atomic mass is 10.1. The molecule has 142 valence electrons. The Morgan fingerprint density at radius 2 is 1.79 bits per heavy atom. The standard InChI is InChI=1S/C22H20FN3O2/c23-19-7-1-4-16(12-19)9-10-21(27)26-20-8-2-5-17(13-20)14-25-22(28)18-6-3-11-24-15-18/h1-8,11-13,15H,9-10,14H2,(H,25,28)(H,26,27). The lowest BCUT2D eigenvalue weighted by Crippen LogP contribution is -2.23. The van der Waals surface area contributed by atoms with Gasteiger partial charge in [0.15, 0.2) is 0 Å². The van der Waals surface area contributed by atoms with E-state index in [-0.39, 0.29) is 24.1 Å². The van der Waals surface area contributed by atoms with Crippen LogP contribution in [0.25, 0.3) is 0 Å². The van der Waals surface area contributed by atoms with Gasteiger partial charge >= 0.3 is 0 Å². The minimum atomic E-state index is -0.307. The van der Waals surface area contributed by atoms with Crippen molar-refractivity contribution < 1.29 is 14.0 Å². The van der Waals surface area contributed by atoms with E-state index in [1.807, 2.05) is 18.2 Å². The molecule has 0 atom stereocenters. The second kappa shape index (κ2) is 9.41. The van der Waals surface area contributed by atoms with Crippen molar-refractivity contribution in [3.05, 3.63) is 95.6 Å². The Labute approximate surface area is 162 Å². The quantitative estimate of drug-likeness (QED) is 0.659. The molecule has 2 amide bonds. The van der Waals surface area contributed by atoms with Crippen LogP contribution in [-0.2, 0) is 17.8 Å². The molecule has 1 heterocycles. The molecular formula is C22H20FN3O2. The summed E-state index contributed by atoms with van der Waals surface area (Å²) < 4.78 is 13.2. The Bertz CT molecular complexity index is 961. The maximum absolute atomic E-state index is 13.2. The summed E-state index contributed by atoms with van der Waals surface area (Å²) in [6, 6.07) is 16.9. The number of amides is 2. The monoisotopic (exact) mass is 377 g/mol. The smallest absolute Gasteiger partial charge is 0.253 e. The van der Waals surface area contributed by atoms with E-state index in [9.17, 15) is 14.0 Å². The maximum atomic E-state index is 13.2. The molecule has 0 saturated carbocycles. The first-order chi connectivity index (χ1) is 13.6. The van der Waals surface area contributed by atoms with E-state index in [0.29, 0.717) is 24.2 Å². The van der Waals surface area contributed by atoms with Gasteiger partial charge in [-0.2, -0.15) is 0 Å². The van der Waals surface area contributed by atoms with Crippen molar-refractivity contribution in [3.8, 4) is 0 Å². The Morgan fingerprint density at radius 3 is 2.57 bits per heavy atom. The van der Waals surface area contributed by atoms with Gasteiger partial charge in [0.25, 0.3) is 5.91 Å². The van der Waals surface area contributed by atoms with Crippen LogP contribution in [0, 0.1) is 5.82 Å². The van der Waals surface area contributed by atoms with Crippen LogP contribution in [0.2, 0.25) is 0 Å². The molecule has 1 aromatic heterocycles. The zero-order valence-electron chi connectivity index (χ0n) is 15.2. The summed E-state index contributed by atoms with van der Waals surface area (Å²) in [6.45, 7) is 0.334. The molecule has 0 radical (unpaired) electrons. The van der Waals surface area contributed by atoms with Crippen LogP contribution in [0.3, 0.4) is 0 Å². The van der Waals surface area contributed by atoms with Crippen molar-refractivity contribution >= 4 is 17.5 Å². The summed E-state index contributed by atoms with van der Waals surface area (Å²) in [7, 11) is 0. The topological polar surface area (TPSA) is 71.1 Å². The van der Waals surface area contributed by atoms with E-state index in [0.717, 1.165) is 11.1 Å². The molecule has 0 fully saturated rings. The van der Waals surface area contributed by atoms with Gasteiger partial charge in [0.2, 0.25) is 5.91 Å². The SMILES string of the molecule is O=C(CCc1cccc(F)c1)Nc1cccc(CNC(=O)c2cccnc2)c1. The maximum Gasteiger partial charge on any atom is 0.253 e. The van der Waals surface area contributed by atoms with Crippen molar-refractivity contribution in [2.24, 2.45) is 0 Å². The zero-order valence-corrected chi connectivity index (χ0v) is 15.2. The van der Waals surface area contributed by atoms with Crippen LogP contribution in [0.4, 0.5) is 10.1 Å². The number of nitrogens with zero attached hydrogens (tertiary/aromatic N) is 1. The van der Waals surface area contributed by atoms with E-state index >= 15 is 0 Å². The van der Waals surface area contributed by atoms with E-state index in [4.69, 9.17) is 0 Å². The number of nitrogens with one attached hydrogen (secondary N) is 2. The number of carbonyl (C=O) groups excluding carboxylic acids is 2. The lowest BCUT2D eigenvalue weighted by molar-refractivity contribution is -0.116. The molecule has 0 aliphatic rings. The fraction of sp³-hybridized carbons (Fsp3) is 0.136.